The molecule has 0 bridgehead atoms. The van der Waals surface area contributed by atoms with Gasteiger partial charge in [0.15, 0.2) is 5.60 Å². The zero-order valence-electron chi connectivity index (χ0n) is 35.1. The lowest BCUT2D eigenvalue weighted by molar-refractivity contribution is -0.153. The largest absolute Gasteiger partial charge is 0.497 e. The van der Waals surface area contributed by atoms with Gasteiger partial charge in [0.2, 0.25) is 27.7 Å². The van der Waals surface area contributed by atoms with Crippen molar-refractivity contribution in [1.29, 1.82) is 0 Å². The molecule has 1 aromatic carbocycles. The lowest BCUT2D eigenvalue weighted by Crippen LogP contribution is -2.61. The van der Waals surface area contributed by atoms with Crippen LogP contribution in [0.5, 0.6) is 17.4 Å². The molecule has 1 saturated heterocycles. The van der Waals surface area contributed by atoms with Crippen LogP contribution in [0.1, 0.15) is 86.5 Å². The Bertz CT molecular complexity index is 2140. The number of nitrogens with zero attached hydrogens (tertiary/aromatic N) is 2. The molecule has 0 spiro atoms. The molecule has 1 aromatic heterocycles. The van der Waals surface area contributed by atoms with Gasteiger partial charge in [-0.15, -0.1) is 0 Å². The van der Waals surface area contributed by atoms with Crippen molar-refractivity contribution in [2.24, 2.45) is 5.92 Å². The molecule has 3 fully saturated rings. The van der Waals surface area contributed by atoms with Crippen molar-refractivity contribution in [2.45, 2.75) is 139 Å². The van der Waals surface area contributed by atoms with Crippen LogP contribution in [0.3, 0.4) is 0 Å². The molecule has 16 nitrogen and oxygen atoms in total. The number of alkyl halides is 2. The Labute approximate surface area is 348 Å². The number of alkyl carbamates (subject to hydrolysis) is 1. The number of aromatic nitrogens is 1. The Morgan fingerprint density at radius 1 is 1.12 bits per heavy atom. The normalized spacial score (nSPS) is 28.8. The average molecular weight is 864 g/mol. The molecule has 3 N–H and O–H groups in total. The highest BCUT2D eigenvalue weighted by Crippen LogP contribution is 2.48. The van der Waals surface area contributed by atoms with Gasteiger partial charge >= 0.3 is 6.09 Å². The summed E-state index contributed by atoms with van der Waals surface area (Å²) in [5.74, 6) is -5.44. The molecule has 4 amide bonds. The van der Waals surface area contributed by atoms with Crippen LogP contribution in [0.2, 0.25) is 0 Å². The minimum Gasteiger partial charge on any atom is -0.497 e. The van der Waals surface area contributed by atoms with E-state index in [1.54, 1.807) is 51.1 Å². The van der Waals surface area contributed by atoms with Crippen molar-refractivity contribution in [1.82, 2.24) is 25.2 Å². The minimum absolute atomic E-state index is 0.0952. The van der Waals surface area contributed by atoms with E-state index in [-0.39, 0.29) is 31.7 Å². The van der Waals surface area contributed by atoms with Crippen molar-refractivity contribution in [3.63, 3.8) is 0 Å². The molecule has 6 rings (SSSR count). The second kappa shape index (κ2) is 16.6. The molecule has 2 aromatic rings. The zero-order valence-corrected chi connectivity index (χ0v) is 36.0. The second-order valence-electron chi connectivity index (χ2n) is 17.0. The first-order valence-electron chi connectivity index (χ1n) is 20.1. The van der Waals surface area contributed by atoms with Crippen molar-refractivity contribution >= 4 is 44.7 Å². The van der Waals surface area contributed by atoms with E-state index in [1.165, 1.54) is 19.1 Å². The number of methoxy groups -OCH3 is 2. The van der Waals surface area contributed by atoms with Gasteiger partial charge in [-0.3, -0.25) is 19.1 Å². The molecule has 4 aliphatic rings. The third kappa shape index (κ3) is 9.11. The molecule has 2 saturated carbocycles. The molecule has 19 heteroatoms. The highest BCUT2D eigenvalue weighted by Gasteiger charge is 2.63. The number of rotatable bonds is 11. The van der Waals surface area contributed by atoms with E-state index in [9.17, 15) is 36.4 Å². The second-order valence-corrected chi connectivity index (χ2v) is 19.2. The smallest absolute Gasteiger partial charge is 0.408 e. The van der Waals surface area contributed by atoms with Crippen molar-refractivity contribution in [2.75, 3.05) is 20.8 Å². The predicted octanol–water partition coefficient (Wildman–Crippen LogP) is 4.54. The van der Waals surface area contributed by atoms with Crippen LogP contribution in [-0.4, -0.2) is 115 Å². The average Bonchev–Trinajstić information content (AvgIpc) is 4.06. The molecule has 0 unspecified atom stereocenters. The maximum atomic E-state index is 15.0. The number of carbonyl (C=O) groups excluding carboxylic acids is 4. The summed E-state index contributed by atoms with van der Waals surface area (Å²) in [5, 5.41) is 5.86. The summed E-state index contributed by atoms with van der Waals surface area (Å²) in [6, 6.07) is 3.82. The molecule has 60 heavy (non-hydrogen) atoms. The van der Waals surface area contributed by atoms with Gasteiger partial charge in [0.05, 0.1) is 43.2 Å². The first-order chi connectivity index (χ1) is 28.1. The van der Waals surface area contributed by atoms with Gasteiger partial charge in [-0.05, 0) is 78.4 Å². The van der Waals surface area contributed by atoms with Crippen LogP contribution < -0.4 is 29.6 Å². The van der Waals surface area contributed by atoms with Crippen LogP contribution in [0.4, 0.5) is 13.6 Å². The molecular weight excluding hydrogens is 809 g/mol. The van der Waals surface area contributed by atoms with E-state index < -0.39 is 92.0 Å². The Balaban J connectivity index is 1.39. The van der Waals surface area contributed by atoms with Crippen molar-refractivity contribution in [3.8, 4) is 17.4 Å². The summed E-state index contributed by atoms with van der Waals surface area (Å²) in [7, 11) is -1.14. The fraction of sp³-hybridized carbons (Fsp3) is 0.634. The lowest BCUT2D eigenvalue weighted by atomic mass is 10.0. The zero-order chi connectivity index (χ0) is 44.0. The van der Waals surface area contributed by atoms with E-state index in [0.29, 0.717) is 55.0 Å². The summed E-state index contributed by atoms with van der Waals surface area (Å²) in [6.45, 7) is 7.52. The molecule has 0 radical (unpaired) electrons. The van der Waals surface area contributed by atoms with Crippen molar-refractivity contribution < 1.29 is 60.1 Å². The molecule has 7 atom stereocenters. The van der Waals surface area contributed by atoms with Gasteiger partial charge in [0.1, 0.15) is 35.2 Å². The number of sulfonamides is 1. The van der Waals surface area contributed by atoms with Gasteiger partial charge in [-0.25, -0.2) is 27.0 Å². The number of hydrogen-bond donors (Lipinski definition) is 3. The Kier molecular flexibility index (Phi) is 12.4. The summed E-state index contributed by atoms with van der Waals surface area (Å²) in [4.78, 5) is 62.6. The van der Waals surface area contributed by atoms with Gasteiger partial charge in [-0.2, -0.15) is 0 Å². The Morgan fingerprint density at radius 2 is 1.83 bits per heavy atom. The SMILES string of the molecule is CC[C@@H]1O[C@H](C)CC/C=C\[C@@H]2C[C@@]2(C(=O)NS(=O)(=O)C2(C)CC2)NC(=O)[C@@H]2C[C@@H](Oc3cc(OC)nc4cc(OC)ccc34)CN2C(=O)[C@H]1NC(=O)OC(C)(C)C(C)(F)F. The Morgan fingerprint density at radius 3 is 2.47 bits per heavy atom. The number of hydrogen-bond acceptors (Lipinski definition) is 12. The van der Waals surface area contributed by atoms with E-state index in [4.69, 9.17) is 23.7 Å². The first kappa shape index (κ1) is 44.8. The van der Waals surface area contributed by atoms with E-state index in [0.717, 1.165) is 13.8 Å². The highest BCUT2D eigenvalue weighted by atomic mass is 32.2. The summed E-state index contributed by atoms with van der Waals surface area (Å²) >= 11 is 0. The molecule has 2 aliphatic heterocycles. The quantitative estimate of drug-likeness (QED) is 0.267. The fourth-order valence-corrected chi connectivity index (χ4v) is 8.75. The molecule has 2 aliphatic carbocycles. The summed E-state index contributed by atoms with van der Waals surface area (Å²) in [5.41, 5.74) is -3.45. The number of carbonyl (C=O) groups is 4. The third-order valence-corrected chi connectivity index (χ3v) is 14.3. The number of pyridine rings is 1. The van der Waals surface area contributed by atoms with Gasteiger partial charge < -0.3 is 39.2 Å². The predicted molar refractivity (Wildman–Crippen MR) is 214 cm³/mol. The van der Waals surface area contributed by atoms with Crippen LogP contribution in [0.25, 0.3) is 10.9 Å². The molecular formula is C41H55F2N5O11S. The maximum Gasteiger partial charge on any atom is 0.408 e. The third-order valence-electron chi connectivity index (χ3n) is 12.1. The summed E-state index contributed by atoms with van der Waals surface area (Å²) in [6.07, 6.45) is 1.73. The number of benzene rings is 1. The maximum absolute atomic E-state index is 15.0. The van der Waals surface area contributed by atoms with E-state index in [1.807, 2.05) is 6.08 Å². The minimum atomic E-state index is -4.08. The highest BCUT2D eigenvalue weighted by molar-refractivity contribution is 7.91. The van der Waals surface area contributed by atoms with Gasteiger partial charge in [-0.1, -0.05) is 19.1 Å². The van der Waals surface area contributed by atoms with Crippen LogP contribution in [-0.2, 0) is 33.9 Å². The summed E-state index contributed by atoms with van der Waals surface area (Å²) < 4.78 is 85.4. The lowest BCUT2D eigenvalue weighted by Gasteiger charge is -2.35. The number of allylic oxidation sites excluding steroid dienone is 1. The number of fused-ring (bicyclic) bond motifs is 3. The number of halogens is 2. The first-order valence-corrected chi connectivity index (χ1v) is 21.6. The number of ether oxygens (including phenoxy) is 5. The van der Waals surface area contributed by atoms with E-state index in [2.05, 4.69) is 20.3 Å². The molecule has 3 heterocycles. The fourth-order valence-electron chi connectivity index (χ4n) is 7.44. The van der Waals surface area contributed by atoms with Crippen molar-refractivity contribution in [3.05, 3.63) is 36.4 Å². The van der Waals surface area contributed by atoms with Crippen LogP contribution >= 0.6 is 0 Å². The van der Waals surface area contributed by atoms with Crippen LogP contribution in [0, 0.1) is 5.92 Å². The van der Waals surface area contributed by atoms with Crippen LogP contribution in [0.15, 0.2) is 36.4 Å². The van der Waals surface area contributed by atoms with E-state index >= 15 is 0 Å². The number of amides is 4. The standard InChI is InChI=1S/C41H55F2N5O11S/c1-9-30-33(45-37(52)59-38(3,4)40(6,42)43)35(50)48-22-26(58-31-20-32(56-8)44-28-18-25(55-7)14-15-27(28)31)19-29(48)34(49)46-41(21-24(41)13-11-10-12-23(2)57-30)36(51)47-60(53,54)39(5)16-17-39/h11,13-15,18,20,23-24,26,29-30,33H,9-10,12,16-17,19,21-22H2,1-8H3,(H,45,52)(H,46,49)(H,47,51)/b13-11-/t23-,24-,26-,29+,30+,33+,41-/m1/s1. The Hall–Kier alpha value is -4.78. The monoisotopic (exact) mass is 863 g/mol. The molecule has 330 valence electrons. The number of nitrogens with one attached hydrogen (secondary N) is 3. The van der Waals surface area contributed by atoms with Gasteiger partial charge in [0, 0.05) is 36.8 Å². The topological polar surface area (TPSA) is 201 Å². The van der Waals surface area contributed by atoms with Gasteiger partial charge in [0.25, 0.3) is 11.8 Å².